The number of carbonyl (C=O) groups is 1. The summed E-state index contributed by atoms with van der Waals surface area (Å²) in [6.45, 7) is 7.05. The fraction of sp³-hybridized carbons (Fsp3) is 0.265. The van der Waals surface area contributed by atoms with Crippen LogP contribution in [0.4, 0.5) is 0 Å². The molecule has 0 fully saturated rings. The van der Waals surface area contributed by atoms with Crippen molar-refractivity contribution in [2.24, 2.45) is 4.99 Å². The summed E-state index contributed by atoms with van der Waals surface area (Å²) in [4.78, 5) is 31.9. The lowest BCUT2D eigenvalue weighted by molar-refractivity contribution is -0.136. The highest BCUT2D eigenvalue weighted by atomic mass is 79.9. The lowest BCUT2D eigenvalue weighted by Gasteiger charge is -2.23. The van der Waals surface area contributed by atoms with E-state index < -0.39 is 12.0 Å². The smallest absolute Gasteiger partial charge is 0.337 e. The Balaban J connectivity index is 1.57. The van der Waals surface area contributed by atoms with Crippen LogP contribution < -0.4 is 33.8 Å². The summed E-state index contributed by atoms with van der Waals surface area (Å²) in [5.74, 6) is 1.44. The first-order chi connectivity index (χ1) is 22.7. The highest BCUT2D eigenvalue weighted by molar-refractivity contribution is 9.10. The second-order valence-corrected chi connectivity index (χ2v) is 12.7. The van der Waals surface area contributed by atoms with Crippen molar-refractivity contribution < 1.29 is 28.5 Å². The molecule has 47 heavy (non-hydrogen) atoms. The quantitative estimate of drug-likeness (QED) is 0.146. The summed E-state index contributed by atoms with van der Waals surface area (Å²) in [5, 5.41) is 1.03. The number of esters is 1. The van der Waals surface area contributed by atoms with Gasteiger partial charge in [-0.3, -0.25) is 9.36 Å². The van der Waals surface area contributed by atoms with Crippen molar-refractivity contribution in [3.8, 4) is 23.0 Å². The summed E-state index contributed by atoms with van der Waals surface area (Å²) in [6, 6.07) is 13.4. The van der Waals surface area contributed by atoms with Crippen molar-refractivity contribution in [2.45, 2.75) is 33.4 Å². The van der Waals surface area contributed by atoms with E-state index in [9.17, 15) is 9.59 Å². The predicted molar refractivity (Wildman–Crippen MR) is 186 cm³/mol. The Kier molecular flexibility index (Phi) is 11.3. The van der Waals surface area contributed by atoms with Crippen molar-refractivity contribution in [1.29, 1.82) is 0 Å². The van der Waals surface area contributed by atoms with E-state index in [1.807, 2.05) is 26.8 Å². The first-order valence-electron chi connectivity index (χ1n) is 14.7. The monoisotopic (exact) mass is 760 g/mol. The van der Waals surface area contributed by atoms with Crippen LogP contribution in [-0.4, -0.2) is 37.5 Å². The van der Waals surface area contributed by atoms with Crippen LogP contribution in [0.15, 0.2) is 74.6 Å². The first kappa shape index (κ1) is 34.6. The zero-order valence-corrected chi connectivity index (χ0v) is 29.9. The maximum atomic E-state index is 14.1. The highest BCUT2D eigenvalue weighted by Crippen LogP contribution is 2.39. The number of hydrogen-bond donors (Lipinski definition) is 0. The summed E-state index contributed by atoms with van der Waals surface area (Å²) in [5.41, 5.74) is 1.97. The molecule has 0 radical (unpaired) electrons. The molecule has 0 saturated heterocycles. The Bertz CT molecular complexity index is 2030. The number of rotatable bonds is 12. The Morgan fingerprint density at radius 3 is 2.38 bits per heavy atom. The number of fused-ring (bicyclic) bond motifs is 1. The molecule has 1 aromatic heterocycles. The van der Waals surface area contributed by atoms with E-state index in [0.717, 1.165) is 5.56 Å². The molecule has 1 aliphatic rings. The summed E-state index contributed by atoms with van der Waals surface area (Å²) < 4.78 is 31.2. The average Bonchev–Trinajstić information content (AvgIpc) is 3.36. The van der Waals surface area contributed by atoms with Crippen LogP contribution in [0.1, 0.15) is 43.5 Å². The minimum Gasteiger partial charge on any atom is -0.490 e. The normalized spacial score (nSPS) is 14.1. The second-order valence-electron chi connectivity index (χ2n) is 10.0. The first-order valence-corrected chi connectivity index (χ1v) is 17.1. The highest BCUT2D eigenvalue weighted by Gasteiger charge is 2.31. The predicted octanol–water partition coefficient (Wildman–Crippen LogP) is 6.86. The van der Waals surface area contributed by atoms with Crippen molar-refractivity contribution >= 4 is 62.5 Å². The molecule has 0 bridgehead atoms. The molecule has 3 aromatic carbocycles. The average molecular weight is 763 g/mol. The summed E-state index contributed by atoms with van der Waals surface area (Å²) in [7, 11) is 1.29. The molecule has 0 spiro atoms. The maximum Gasteiger partial charge on any atom is 0.337 e. The summed E-state index contributed by atoms with van der Waals surface area (Å²) in [6.07, 6.45) is 3.20. The fourth-order valence-electron chi connectivity index (χ4n) is 5.00. The van der Waals surface area contributed by atoms with Crippen LogP contribution in [0.2, 0.25) is 10.0 Å². The molecule has 0 N–H and O–H groups in total. The van der Waals surface area contributed by atoms with Gasteiger partial charge in [0.25, 0.3) is 5.56 Å². The Hall–Kier alpha value is -3.77. The number of benzene rings is 3. The fourth-order valence-corrected chi connectivity index (χ4v) is 7.01. The molecule has 2 heterocycles. The van der Waals surface area contributed by atoms with Gasteiger partial charge in [-0.05, 0) is 90.3 Å². The molecule has 0 saturated carbocycles. The van der Waals surface area contributed by atoms with Gasteiger partial charge >= 0.3 is 5.97 Å². The Morgan fingerprint density at radius 2 is 1.68 bits per heavy atom. The number of aromatic nitrogens is 1. The van der Waals surface area contributed by atoms with Crippen molar-refractivity contribution in [3.05, 3.63) is 111 Å². The molecular weight excluding hydrogens is 731 g/mol. The third kappa shape index (κ3) is 7.54. The number of carbonyl (C=O) groups excluding carboxylic acids is 1. The van der Waals surface area contributed by atoms with Crippen molar-refractivity contribution in [2.75, 3.05) is 26.9 Å². The van der Waals surface area contributed by atoms with Crippen LogP contribution in [0, 0.1) is 0 Å². The van der Waals surface area contributed by atoms with Gasteiger partial charge in [0, 0.05) is 21.8 Å². The molecule has 5 rings (SSSR count). The standard InChI is InChI=1S/C34H31BrCl2N2O7S/c1-5-43-26-11-9-20(15-27(26)44-6-2)30-23(33(41)42-4)17-38-34-39(30)32(40)29(47-34)14-19-12-24(35)31(28(13-19)45-7-3)46-18-21-8-10-22(36)16-25(21)37/h8-17,30H,5-7,18H2,1-4H3/b29-14-/t30-/m1/s1. The van der Waals surface area contributed by atoms with Gasteiger partial charge in [-0.25, -0.2) is 9.79 Å². The van der Waals surface area contributed by atoms with E-state index in [0.29, 0.717) is 77.8 Å². The van der Waals surface area contributed by atoms with Crippen LogP contribution in [0.5, 0.6) is 23.0 Å². The van der Waals surface area contributed by atoms with Gasteiger partial charge in [-0.1, -0.05) is 46.7 Å². The van der Waals surface area contributed by atoms with Crippen molar-refractivity contribution in [3.63, 3.8) is 0 Å². The van der Waals surface area contributed by atoms with Gasteiger partial charge in [-0.2, -0.15) is 0 Å². The van der Waals surface area contributed by atoms with E-state index in [2.05, 4.69) is 20.9 Å². The second kappa shape index (κ2) is 15.4. The van der Waals surface area contributed by atoms with E-state index >= 15 is 0 Å². The van der Waals surface area contributed by atoms with E-state index in [4.69, 9.17) is 46.9 Å². The van der Waals surface area contributed by atoms with E-state index in [-0.39, 0.29) is 17.7 Å². The van der Waals surface area contributed by atoms with E-state index in [1.165, 1.54) is 29.2 Å². The van der Waals surface area contributed by atoms with Gasteiger partial charge in [0.15, 0.2) is 27.8 Å². The number of ether oxygens (including phenoxy) is 5. The number of halogens is 3. The number of hydrogen-bond acceptors (Lipinski definition) is 9. The lowest BCUT2D eigenvalue weighted by atomic mass is 9.97. The molecule has 0 aliphatic carbocycles. The van der Waals surface area contributed by atoms with E-state index in [1.54, 1.807) is 48.5 Å². The van der Waals surface area contributed by atoms with Crippen molar-refractivity contribution in [1.82, 2.24) is 4.57 Å². The van der Waals surface area contributed by atoms with Gasteiger partial charge in [-0.15, -0.1) is 0 Å². The molecule has 1 atom stereocenters. The van der Waals surface area contributed by atoms with Gasteiger partial charge in [0.2, 0.25) is 0 Å². The summed E-state index contributed by atoms with van der Waals surface area (Å²) >= 11 is 17.2. The number of thiazole rings is 1. The zero-order valence-electron chi connectivity index (χ0n) is 26.0. The minimum absolute atomic E-state index is 0.186. The third-order valence-electron chi connectivity index (χ3n) is 7.02. The zero-order chi connectivity index (χ0) is 33.7. The molecule has 13 heteroatoms. The number of nitrogens with zero attached hydrogens (tertiary/aromatic N) is 2. The molecular formula is C34H31BrCl2N2O7S. The molecule has 0 amide bonds. The van der Waals surface area contributed by atoms with Gasteiger partial charge < -0.3 is 23.7 Å². The van der Waals surface area contributed by atoms with Crippen LogP contribution in [0.25, 0.3) is 6.08 Å². The van der Waals surface area contributed by atoms with Crippen LogP contribution >= 0.6 is 50.5 Å². The molecule has 9 nitrogen and oxygen atoms in total. The molecule has 0 unspecified atom stereocenters. The molecule has 4 aromatic rings. The third-order valence-corrected chi connectivity index (χ3v) is 9.20. The molecule has 1 aliphatic heterocycles. The SMILES string of the molecule is CCOc1ccc([C@@H]2C(C(=O)OC)=CN=c3s/c(=C\c4cc(Br)c(OCc5ccc(Cl)cc5Cl)c(OCC)c4)c(=O)n32)cc1OCC. The lowest BCUT2D eigenvalue weighted by Crippen LogP contribution is -2.39. The Labute approximate surface area is 293 Å². The van der Waals surface area contributed by atoms with Crippen LogP contribution in [-0.2, 0) is 16.1 Å². The maximum absolute atomic E-state index is 14.1. The molecule has 246 valence electrons. The minimum atomic E-state index is -0.808. The van der Waals surface area contributed by atoms with Gasteiger partial charge in [0.1, 0.15) is 6.61 Å². The Morgan fingerprint density at radius 1 is 0.957 bits per heavy atom. The topological polar surface area (TPSA) is 97.6 Å². The van der Waals surface area contributed by atoms with Crippen LogP contribution in [0.3, 0.4) is 0 Å². The number of methoxy groups -OCH3 is 1. The largest absolute Gasteiger partial charge is 0.490 e. The van der Waals surface area contributed by atoms with Gasteiger partial charge in [0.05, 0.1) is 47.6 Å².